The van der Waals surface area contributed by atoms with Crippen LogP contribution in [0.15, 0.2) is 0 Å². The van der Waals surface area contributed by atoms with Crippen molar-refractivity contribution >= 4 is 12.4 Å². The van der Waals surface area contributed by atoms with Gasteiger partial charge in [0.05, 0.1) is 0 Å². The van der Waals surface area contributed by atoms with Crippen molar-refractivity contribution in [3.8, 4) is 0 Å². The van der Waals surface area contributed by atoms with Gasteiger partial charge in [0.1, 0.15) is 0 Å². The number of halogens is 1. The van der Waals surface area contributed by atoms with Crippen molar-refractivity contribution in [2.24, 2.45) is 11.8 Å². The monoisotopic (exact) mass is 133 g/mol. The Bertz CT molecular complexity index is 74.6. The first-order valence-electron chi connectivity index (χ1n) is 3.17. The van der Waals surface area contributed by atoms with E-state index in [0.29, 0.717) is 0 Å². The summed E-state index contributed by atoms with van der Waals surface area (Å²) < 4.78 is 0. The second-order valence-electron chi connectivity index (χ2n) is 2.75. The Morgan fingerprint density at radius 3 is 2.62 bits per heavy atom. The van der Waals surface area contributed by atoms with Gasteiger partial charge < -0.3 is 5.32 Å². The highest BCUT2D eigenvalue weighted by Gasteiger charge is 2.38. The number of rotatable bonds is 0. The molecule has 2 aliphatic rings. The first-order chi connectivity index (χ1) is 3.47. The number of hydrogen-bond acceptors (Lipinski definition) is 1. The van der Waals surface area contributed by atoms with Crippen molar-refractivity contribution in [3.05, 3.63) is 0 Å². The van der Waals surface area contributed by atoms with Crippen LogP contribution in [-0.4, -0.2) is 13.1 Å². The van der Waals surface area contributed by atoms with Crippen molar-refractivity contribution < 1.29 is 0 Å². The van der Waals surface area contributed by atoms with E-state index >= 15 is 0 Å². The first kappa shape index (κ1) is 6.37. The van der Waals surface area contributed by atoms with Crippen LogP contribution in [-0.2, 0) is 0 Å². The predicted octanol–water partition coefficient (Wildman–Crippen LogP) is 1.04. The summed E-state index contributed by atoms with van der Waals surface area (Å²) in [7, 11) is 0. The molecular formula is C6H12ClN. The zero-order valence-electron chi connectivity index (χ0n) is 4.89. The Morgan fingerprint density at radius 1 is 1.25 bits per heavy atom. The van der Waals surface area contributed by atoms with Crippen LogP contribution in [0.4, 0.5) is 0 Å². The molecule has 0 amide bonds. The maximum absolute atomic E-state index is 3.38. The van der Waals surface area contributed by atoms with E-state index in [1.807, 2.05) is 0 Å². The van der Waals surface area contributed by atoms with Crippen molar-refractivity contribution in [3.63, 3.8) is 0 Å². The quantitative estimate of drug-likeness (QED) is 0.521. The Labute approximate surface area is 56.3 Å². The summed E-state index contributed by atoms with van der Waals surface area (Å²) in [6.07, 6.45) is 2.97. The van der Waals surface area contributed by atoms with Gasteiger partial charge in [-0.1, -0.05) is 0 Å². The van der Waals surface area contributed by atoms with E-state index in [1.54, 1.807) is 0 Å². The molecule has 2 heteroatoms. The van der Waals surface area contributed by atoms with E-state index < -0.39 is 0 Å². The summed E-state index contributed by atoms with van der Waals surface area (Å²) in [5.74, 6) is 2.23. The SMILES string of the molecule is C1CC2CC2CN1.Cl. The second-order valence-corrected chi connectivity index (χ2v) is 2.75. The molecule has 0 aromatic carbocycles. The molecule has 1 nitrogen and oxygen atoms in total. The summed E-state index contributed by atoms with van der Waals surface area (Å²) >= 11 is 0. The van der Waals surface area contributed by atoms with Crippen LogP contribution in [0, 0.1) is 11.8 Å². The third kappa shape index (κ3) is 0.981. The zero-order chi connectivity index (χ0) is 4.69. The topological polar surface area (TPSA) is 12.0 Å². The van der Waals surface area contributed by atoms with Crippen LogP contribution < -0.4 is 5.32 Å². The summed E-state index contributed by atoms with van der Waals surface area (Å²) in [4.78, 5) is 0. The Balaban J connectivity index is 0.000000320. The molecule has 0 radical (unpaired) electrons. The Hall–Kier alpha value is 0.250. The normalized spacial score (nSPS) is 42.0. The zero-order valence-corrected chi connectivity index (χ0v) is 5.71. The molecule has 1 saturated heterocycles. The van der Waals surface area contributed by atoms with Gasteiger partial charge in [-0.05, 0) is 37.8 Å². The molecule has 1 aliphatic heterocycles. The Morgan fingerprint density at radius 2 is 2.12 bits per heavy atom. The molecular weight excluding hydrogens is 122 g/mol. The van der Waals surface area contributed by atoms with Gasteiger partial charge in [0.25, 0.3) is 0 Å². The van der Waals surface area contributed by atoms with E-state index in [-0.39, 0.29) is 12.4 Å². The van der Waals surface area contributed by atoms with Crippen molar-refractivity contribution in [1.82, 2.24) is 5.32 Å². The van der Waals surface area contributed by atoms with Crippen LogP contribution in [0.1, 0.15) is 12.8 Å². The molecule has 48 valence electrons. The van der Waals surface area contributed by atoms with Gasteiger partial charge in [-0.3, -0.25) is 0 Å². The highest BCUT2D eigenvalue weighted by atomic mass is 35.5. The van der Waals surface area contributed by atoms with Gasteiger partial charge in [0, 0.05) is 0 Å². The van der Waals surface area contributed by atoms with Gasteiger partial charge >= 0.3 is 0 Å². The molecule has 0 aromatic rings. The lowest BCUT2D eigenvalue weighted by Crippen LogP contribution is -2.23. The number of nitrogens with one attached hydrogen (secondary N) is 1. The van der Waals surface area contributed by atoms with Gasteiger partial charge in [0.15, 0.2) is 0 Å². The summed E-state index contributed by atoms with van der Waals surface area (Å²) in [6, 6.07) is 0. The van der Waals surface area contributed by atoms with E-state index in [9.17, 15) is 0 Å². The van der Waals surface area contributed by atoms with Crippen LogP contribution in [0.25, 0.3) is 0 Å². The van der Waals surface area contributed by atoms with Gasteiger partial charge in [-0.2, -0.15) is 0 Å². The highest BCUT2D eigenvalue weighted by molar-refractivity contribution is 5.85. The average Bonchev–Trinajstić information content (AvgIpc) is 2.41. The fraction of sp³-hybridized carbons (Fsp3) is 1.00. The summed E-state index contributed by atoms with van der Waals surface area (Å²) in [5.41, 5.74) is 0. The number of piperidine rings is 1. The molecule has 2 atom stereocenters. The summed E-state index contributed by atoms with van der Waals surface area (Å²) in [6.45, 7) is 2.59. The average molecular weight is 134 g/mol. The molecule has 0 bridgehead atoms. The lowest BCUT2D eigenvalue weighted by Gasteiger charge is -2.08. The molecule has 1 saturated carbocycles. The molecule has 0 aromatic heterocycles. The van der Waals surface area contributed by atoms with Crippen molar-refractivity contribution in [2.75, 3.05) is 13.1 Å². The molecule has 1 N–H and O–H groups in total. The Kier molecular flexibility index (Phi) is 1.78. The molecule has 8 heavy (non-hydrogen) atoms. The minimum atomic E-state index is 0. The predicted molar refractivity (Wildman–Crippen MR) is 36.3 cm³/mol. The molecule has 1 heterocycles. The fourth-order valence-corrected chi connectivity index (χ4v) is 1.49. The van der Waals surface area contributed by atoms with Crippen molar-refractivity contribution in [2.45, 2.75) is 12.8 Å². The molecule has 2 rings (SSSR count). The molecule has 2 unspecified atom stereocenters. The minimum absolute atomic E-state index is 0. The first-order valence-corrected chi connectivity index (χ1v) is 3.17. The molecule has 2 fully saturated rings. The van der Waals surface area contributed by atoms with Crippen LogP contribution >= 0.6 is 12.4 Å². The minimum Gasteiger partial charge on any atom is -0.316 e. The van der Waals surface area contributed by atoms with Crippen molar-refractivity contribution in [1.29, 1.82) is 0 Å². The van der Waals surface area contributed by atoms with Crippen LogP contribution in [0.3, 0.4) is 0 Å². The number of fused-ring (bicyclic) bond motifs is 1. The fourth-order valence-electron chi connectivity index (χ4n) is 1.49. The van der Waals surface area contributed by atoms with Crippen LogP contribution in [0.2, 0.25) is 0 Å². The smallest absolute Gasteiger partial charge is 0.00178 e. The lowest BCUT2D eigenvalue weighted by atomic mass is 10.2. The maximum atomic E-state index is 3.38. The standard InChI is InChI=1S/C6H11N.ClH/c1-2-7-4-6-3-5(1)6;/h5-7H,1-4H2;1H. The second kappa shape index (κ2) is 2.24. The maximum Gasteiger partial charge on any atom is -0.00178 e. The van der Waals surface area contributed by atoms with Gasteiger partial charge in [-0.15, -0.1) is 12.4 Å². The third-order valence-electron chi connectivity index (χ3n) is 2.17. The molecule has 1 aliphatic carbocycles. The van der Waals surface area contributed by atoms with Gasteiger partial charge in [-0.25, -0.2) is 0 Å². The van der Waals surface area contributed by atoms with E-state index in [1.165, 1.54) is 25.9 Å². The van der Waals surface area contributed by atoms with Gasteiger partial charge in [0.2, 0.25) is 0 Å². The van der Waals surface area contributed by atoms with E-state index in [4.69, 9.17) is 0 Å². The number of hydrogen-bond donors (Lipinski definition) is 1. The summed E-state index contributed by atoms with van der Waals surface area (Å²) in [5, 5.41) is 3.38. The van der Waals surface area contributed by atoms with E-state index in [0.717, 1.165) is 11.8 Å². The van der Waals surface area contributed by atoms with Crippen LogP contribution in [0.5, 0.6) is 0 Å². The highest BCUT2D eigenvalue weighted by Crippen LogP contribution is 2.42. The third-order valence-corrected chi connectivity index (χ3v) is 2.17. The van der Waals surface area contributed by atoms with E-state index in [2.05, 4.69) is 5.32 Å². The molecule has 0 spiro atoms. The largest absolute Gasteiger partial charge is 0.316 e. The lowest BCUT2D eigenvalue weighted by molar-refractivity contribution is 0.497.